The summed E-state index contributed by atoms with van der Waals surface area (Å²) in [7, 11) is 2.16. The number of ether oxygens (including phenoxy) is 1. The number of benzene rings is 1. The molecule has 0 spiro atoms. The Labute approximate surface area is 118 Å². The average molecular weight is 264 g/mol. The van der Waals surface area contributed by atoms with Crippen molar-refractivity contribution in [2.24, 2.45) is 0 Å². The second kappa shape index (κ2) is 8.18. The van der Waals surface area contributed by atoms with E-state index in [4.69, 9.17) is 4.74 Å². The number of nitrogens with zero attached hydrogens (tertiary/aromatic N) is 1. The standard InChI is InChI=1S/C16H28N2O/c1-16(2,3)17-11-13-18(4)12-8-14-19-15-9-6-5-7-10-15/h5-7,9-10,17H,8,11-14H2,1-4H3. The molecule has 0 aliphatic heterocycles. The Morgan fingerprint density at radius 2 is 1.79 bits per heavy atom. The van der Waals surface area contributed by atoms with Crippen molar-refractivity contribution in [1.82, 2.24) is 10.2 Å². The van der Waals surface area contributed by atoms with Crippen LogP contribution in [-0.2, 0) is 0 Å². The van der Waals surface area contributed by atoms with Crippen LogP contribution in [0.15, 0.2) is 30.3 Å². The van der Waals surface area contributed by atoms with Crippen LogP contribution in [0.3, 0.4) is 0 Å². The van der Waals surface area contributed by atoms with Crippen LogP contribution in [0.1, 0.15) is 27.2 Å². The Hall–Kier alpha value is -1.06. The lowest BCUT2D eigenvalue weighted by molar-refractivity contribution is 0.257. The van der Waals surface area contributed by atoms with Crippen LogP contribution in [0.2, 0.25) is 0 Å². The summed E-state index contributed by atoms with van der Waals surface area (Å²) < 4.78 is 5.67. The molecule has 1 aromatic rings. The molecule has 0 aliphatic carbocycles. The minimum absolute atomic E-state index is 0.206. The van der Waals surface area contributed by atoms with Gasteiger partial charge in [0, 0.05) is 25.2 Å². The molecule has 0 saturated carbocycles. The summed E-state index contributed by atoms with van der Waals surface area (Å²) in [5.74, 6) is 0.958. The van der Waals surface area contributed by atoms with Gasteiger partial charge in [-0.3, -0.25) is 0 Å². The Bertz CT molecular complexity index is 332. The molecule has 0 bridgehead atoms. The van der Waals surface area contributed by atoms with Crippen molar-refractivity contribution in [1.29, 1.82) is 0 Å². The molecule has 0 unspecified atom stereocenters. The summed E-state index contributed by atoms with van der Waals surface area (Å²) in [4.78, 5) is 2.34. The molecule has 0 aliphatic rings. The number of likely N-dealkylation sites (N-methyl/N-ethyl adjacent to an activating group) is 1. The maximum atomic E-state index is 5.67. The molecule has 0 atom stereocenters. The van der Waals surface area contributed by atoms with Gasteiger partial charge in [0.1, 0.15) is 5.75 Å². The maximum absolute atomic E-state index is 5.67. The van der Waals surface area contributed by atoms with E-state index in [0.29, 0.717) is 0 Å². The highest BCUT2D eigenvalue weighted by Gasteiger charge is 2.08. The first-order valence-corrected chi connectivity index (χ1v) is 7.09. The summed E-state index contributed by atoms with van der Waals surface area (Å²) in [5, 5.41) is 3.50. The molecule has 1 rings (SSSR count). The molecule has 3 nitrogen and oxygen atoms in total. The van der Waals surface area contributed by atoms with Crippen molar-refractivity contribution in [2.75, 3.05) is 33.3 Å². The monoisotopic (exact) mass is 264 g/mol. The molecule has 0 heterocycles. The summed E-state index contributed by atoms with van der Waals surface area (Å²) in [6.45, 7) is 10.5. The Balaban J connectivity index is 2.03. The number of para-hydroxylation sites is 1. The minimum atomic E-state index is 0.206. The molecule has 0 aromatic heterocycles. The highest BCUT2D eigenvalue weighted by Crippen LogP contribution is 2.08. The second-order valence-electron chi connectivity index (χ2n) is 6.00. The normalized spacial score (nSPS) is 11.8. The molecular formula is C16H28N2O. The second-order valence-corrected chi connectivity index (χ2v) is 6.00. The van der Waals surface area contributed by atoms with Gasteiger partial charge in [-0.1, -0.05) is 18.2 Å². The van der Waals surface area contributed by atoms with Crippen molar-refractivity contribution < 1.29 is 4.74 Å². The highest BCUT2D eigenvalue weighted by molar-refractivity contribution is 5.20. The third kappa shape index (κ3) is 8.62. The number of nitrogens with one attached hydrogen (secondary N) is 1. The van der Waals surface area contributed by atoms with Crippen molar-refractivity contribution in [2.45, 2.75) is 32.7 Å². The van der Waals surface area contributed by atoms with E-state index >= 15 is 0 Å². The molecular weight excluding hydrogens is 236 g/mol. The van der Waals surface area contributed by atoms with Crippen molar-refractivity contribution in [3.63, 3.8) is 0 Å². The first kappa shape index (κ1) is 16.0. The van der Waals surface area contributed by atoms with Gasteiger partial charge >= 0.3 is 0 Å². The Morgan fingerprint density at radius 1 is 1.11 bits per heavy atom. The summed E-state index contributed by atoms with van der Waals surface area (Å²) in [6.07, 6.45) is 1.06. The van der Waals surface area contributed by atoms with Crippen molar-refractivity contribution >= 4 is 0 Å². The van der Waals surface area contributed by atoms with Crippen LogP contribution in [0.4, 0.5) is 0 Å². The fourth-order valence-corrected chi connectivity index (χ4v) is 1.77. The van der Waals surface area contributed by atoms with E-state index in [-0.39, 0.29) is 5.54 Å². The van der Waals surface area contributed by atoms with Crippen LogP contribution in [-0.4, -0.2) is 43.7 Å². The topological polar surface area (TPSA) is 24.5 Å². The fraction of sp³-hybridized carbons (Fsp3) is 0.625. The molecule has 1 N–H and O–H groups in total. The maximum Gasteiger partial charge on any atom is 0.119 e. The third-order valence-electron chi connectivity index (χ3n) is 2.84. The van der Waals surface area contributed by atoms with Crippen molar-refractivity contribution in [3.8, 4) is 5.75 Å². The molecule has 0 saturated heterocycles. The van der Waals surface area contributed by atoms with Gasteiger partial charge in [0.25, 0.3) is 0 Å². The van der Waals surface area contributed by atoms with Crippen LogP contribution < -0.4 is 10.1 Å². The lowest BCUT2D eigenvalue weighted by Gasteiger charge is -2.23. The fourth-order valence-electron chi connectivity index (χ4n) is 1.77. The summed E-state index contributed by atoms with van der Waals surface area (Å²) in [6, 6.07) is 10.00. The van der Waals surface area contributed by atoms with Gasteiger partial charge in [-0.05, 0) is 46.4 Å². The Kier molecular flexibility index (Phi) is 6.89. The average Bonchev–Trinajstić information content (AvgIpc) is 2.34. The lowest BCUT2D eigenvalue weighted by atomic mass is 10.1. The van der Waals surface area contributed by atoms with Gasteiger partial charge in [0.15, 0.2) is 0 Å². The van der Waals surface area contributed by atoms with Crippen LogP contribution in [0.25, 0.3) is 0 Å². The van der Waals surface area contributed by atoms with Gasteiger partial charge in [-0.15, -0.1) is 0 Å². The first-order valence-electron chi connectivity index (χ1n) is 7.09. The SMILES string of the molecule is CN(CCCOc1ccccc1)CCNC(C)(C)C. The summed E-state index contributed by atoms with van der Waals surface area (Å²) in [5.41, 5.74) is 0.206. The van der Waals surface area contributed by atoms with Gasteiger partial charge in [-0.2, -0.15) is 0 Å². The zero-order valence-electron chi connectivity index (χ0n) is 12.8. The van der Waals surface area contributed by atoms with E-state index in [2.05, 4.69) is 38.0 Å². The predicted octanol–water partition coefficient (Wildman–Crippen LogP) is 2.78. The molecule has 108 valence electrons. The van der Waals surface area contributed by atoms with E-state index < -0.39 is 0 Å². The van der Waals surface area contributed by atoms with E-state index in [9.17, 15) is 0 Å². The molecule has 3 heteroatoms. The van der Waals surface area contributed by atoms with Gasteiger partial charge in [0.05, 0.1) is 6.61 Å². The van der Waals surface area contributed by atoms with E-state index in [1.165, 1.54) is 0 Å². The van der Waals surface area contributed by atoms with Crippen molar-refractivity contribution in [3.05, 3.63) is 30.3 Å². The smallest absolute Gasteiger partial charge is 0.119 e. The van der Waals surface area contributed by atoms with Crippen LogP contribution in [0, 0.1) is 0 Å². The van der Waals surface area contributed by atoms with E-state index in [0.717, 1.165) is 38.4 Å². The predicted molar refractivity (Wildman–Crippen MR) is 81.8 cm³/mol. The number of hydrogen-bond donors (Lipinski definition) is 1. The molecule has 1 aromatic carbocycles. The van der Waals surface area contributed by atoms with E-state index in [1.807, 2.05) is 30.3 Å². The Morgan fingerprint density at radius 3 is 2.42 bits per heavy atom. The highest BCUT2D eigenvalue weighted by atomic mass is 16.5. The molecule has 0 radical (unpaired) electrons. The zero-order valence-corrected chi connectivity index (χ0v) is 12.8. The minimum Gasteiger partial charge on any atom is -0.494 e. The third-order valence-corrected chi connectivity index (χ3v) is 2.84. The van der Waals surface area contributed by atoms with Gasteiger partial charge in [-0.25, -0.2) is 0 Å². The van der Waals surface area contributed by atoms with Gasteiger partial charge in [0.2, 0.25) is 0 Å². The molecule has 0 amide bonds. The molecule has 0 fully saturated rings. The number of rotatable bonds is 8. The lowest BCUT2D eigenvalue weighted by Crippen LogP contribution is -2.40. The molecule has 19 heavy (non-hydrogen) atoms. The summed E-state index contributed by atoms with van der Waals surface area (Å²) >= 11 is 0. The quantitative estimate of drug-likeness (QED) is 0.731. The first-order chi connectivity index (χ1) is 8.97. The van der Waals surface area contributed by atoms with Crippen LogP contribution in [0.5, 0.6) is 5.75 Å². The largest absolute Gasteiger partial charge is 0.494 e. The van der Waals surface area contributed by atoms with Gasteiger partial charge < -0.3 is 15.0 Å². The zero-order chi connectivity index (χ0) is 14.1. The van der Waals surface area contributed by atoms with E-state index in [1.54, 1.807) is 0 Å². The van der Waals surface area contributed by atoms with Crippen LogP contribution >= 0.6 is 0 Å². The number of hydrogen-bond acceptors (Lipinski definition) is 3.